The number of rotatable bonds is 5. The van der Waals surface area contributed by atoms with Gasteiger partial charge < -0.3 is 20.1 Å². The van der Waals surface area contributed by atoms with E-state index >= 15 is 0 Å². The summed E-state index contributed by atoms with van der Waals surface area (Å²) >= 11 is 0. The van der Waals surface area contributed by atoms with Gasteiger partial charge in [0.1, 0.15) is 11.3 Å². The van der Waals surface area contributed by atoms with Gasteiger partial charge in [0.2, 0.25) is 0 Å². The molecule has 0 radical (unpaired) electrons. The zero-order chi connectivity index (χ0) is 18.9. The molecule has 3 heterocycles. The van der Waals surface area contributed by atoms with E-state index in [4.69, 9.17) is 19.7 Å². The average Bonchev–Trinajstić information content (AvgIpc) is 3.56. The van der Waals surface area contributed by atoms with Crippen molar-refractivity contribution in [2.75, 3.05) is 31.2 Å². The van der Waals surface area contributed by atoms with Gasteiger partial charge in [-0.15, -0.1) is 12.4 Å². The lowest BCUT2D eigenvalue weighted by Crippen LogP contribution is -2.37. The molecular weight excluding hydrogens is 390 g/mol. The fraction of sp³-hybridized carbons (Fsp3) is 0.381. The molecule has 0 spiro atoms. The third-order valence-corrected chi connectivity index (χ3v) is 5.16. The molecule has 152 valence electrons. The fourth-order valence-electron chi connectivity index (χ4n) is 3.46. The number of nitrogens with zero attached hydrogens (tertiary/aromatic N) is 4. The summed E-state index contributed by atoms with van der Waals surface area (Å²) in [5, 5.41) is 13.4. The summed E-state index contributed by atoms with van der Waals surface area (Å²) < 4.78 is 5.50. The molecule has 5 rings (SSSR count). The third-order valence-electron chi connectivity index (χ3n) is 5.16. The number of aromatic nitrogens is 3. The Morgan fingerprint density at radius 1 is 1.14 bits per heavy atom. The molecule has 1 saturated heterocycles. The van der Waals surface area contributed by atoms with E-state index in [2.05, 4.69) is 16.3 Å². The maximum Gasteiger partial charge on any atom is 0.162 e. The van der Waals surface area contributed by atoms with Crippen LogP contribution in [-0.4, -0.2) is 52.4 Å². The summed E-state index contributed by atoms with van der Waals surface area (Å²) in [6.45, 7) is 3.70. The molecule has 0 unspecified atom stereocenters. The molecule has 7 nitrogen and oxygen atoms in total. The zero-order valence-electron chi connectivity index (χ0n) is 16.0. The largest absolute Gasteiger partial charge is 0.508 e. The van der Waals surface area contributed by atoms with Crippen molar-refractivity contribution in [2.24, 2.45) is 0 Å². The highest BCUT2D eigenvalue weighted by molar-refractivity contribution is 5.88. The number of aromatic hydroxyl groups is 1. The summed E-state index contributed by atoms with van der Waals surface area (Å²) in [6.07, 6.45) is 4.43. The van der Waals surface area contributed by atoms with Crippen LogP contribution < -0.4 is 10.2 Å². The lowest BCUT2D eigenvalue weighted by atomic mass is 10.2. The number of hydrogen-bond donors (Lipinski definition) is 2. The van der Waals surface area contributed by atoms with Crippen LogP contribution in [0.1, 0.15) is 18.4 Å². The summed E-state index contributed by atoms with van der Waals surface area (Å²) in [5.74, 6) is 1.63. The van der Waals surface area contributed by atoms with E-state index in [0.717, 1.165) is 47.6 Å². The first-order valence-electron chi connectivity index (χ1n) is 9.78. The van der Waals surface area contributed by atoms with E-state index in [1.54, 1.807) is 18.2 Å². The van der Waals surface area contributed by atoms with Gasteiger partial charge in [-0.3, -0.25) is 4.98 Å². The quantitative estimate of drug-likeness (QED) is 0.665. The molecule has 8 heteroatoms. The van der Waals surface area contributed by atoms with Crippen molar-refractivity contribution in [3.05, 3.63) is 42.1 Å². The van der Waals surface area contributed by atoms with Crippen molar-refractivity contribution >= 4 is 29.3 Å². The monoisotopic (exact) mass is 413 g/mol. The first kappa shape index (κ1) is 19.8. The first-order valence-corrected chi connectivity index (χ1v) is 9.78. The van der Waals surface area contributed by atoms with Gasteiger partial charge in [0, 0.05) is 37.4 Å². The van der Waals surface area contributed by atoms with Gasteiger partial charge in [-0.25, -0.2) is 9.97 Å². The Bertz CT molecular complexity index is 1010. The molecule has 1 aliphatic heterocycles. The molecule has 0 atom stereocenters. The molecule has 3 aromatic rings. The Kier molecular flexibility index (Phi) is 5.80. The minimum atomic E-state index is 0. The minimum Gasteiger partial charge on any atom is -0.508 e. The lowest BCUT2D eigenvalue weighted by Gasteiger charge is -2.28. The number of halogens is 1. The Morgan fingerprint density at radius 2 is 1.97 bits per heavy atom. The van der Waals surface area contributed by atoms with Crippen molar-refractivity contribution in [3.8, 4) is 17.1 Å². The molecule has 2 aromatic heterocycles. The number of phenolic OH excluding ortho intramolecular Hbond substituents is 1. The number of benzene rings is 1. The maximum atomic E-state index is 9.87. The van der Waals surface area contributed by atoms with Crippen LogP contribution in [0.25, 0.3) is 22.4 Å². The van der Waals surface area contributed by atoms with Crippen LogP contribution in [0.15, 0.2) is 36.5 Å². The van der Waals surface area contributed by atoms with Crippen LogP contribution in [0.3, 0.4) is 0 Å². The van der Waals surface area contributed by atoms with E-state index in [0.29, 0.717) is 25.1 Å². The van der Waals surface area contributed by atoms with E-state index in [1.165, 1.54) is 12.8 Å². The second kappa shape index (κ2) is 8.49. The van der Waals surface area contributed by atoms with Crippen molar-refractivity contribution in [2.45, 2.75) is 25.4 Å². The van der Waals surface area contributed by atoms with Crippen molar-refractivity contribution in [3.63, 3.8) is 0 Å². The van der Waals surface area contributed by atoms with Gasteiger partial charge in [0.05, 0.1) is 18.7 Å². The predicted octanol–water partition coefficient (Wildman–Crippen LogP) is 2.91. The maximum absolute atomic E-state index is 9.87. The normalized spacial score (nSPS) is 16.6. The smallest absolute Gasteiger partial charge is 0.162 e. The Labute approximate surface area is 175 Å². The number of pyridine rings is 1. The standard InChI is InChI=1S/C21H23N5O2.ClH/c27-17-3-1-2-15(11-17)20-24-18-10-14(12-22-16-4-5-16)13-23-19(18)21(25-20)26-6-8-28-9-7-26;/h1-3,10-11,13,16,22,27H,4-9,12H2;1H. The molecule has 29 heavy (non-hydrogen) atoms. The SMILES string of the molecule is Cl.Oc1cccc(-c2nc(N3CCOCC3)c3ncc(CNC4CC4)cc3n2)c1. The topological polar surface area (TPSA) is 83.4 Å². The van der Waals surface area contributed by atoms with Gasteiger partial charge in [0.25, 0.3) is 0 Å². The van der Waals surface area contributed by atoms with E-state index in [-0.39, 0.29) is 18.2 Å². The van der Waals surface area contributed by atoms with Gasteiger partial charge >= 0.3 is 0 Å². The van der Waals surface area contributed by atoms with Crippen LogP contribution in [0.4, 0.5) is 5.82 Å². The van der Waals surface area contributed by atoms with E-state index in [1.807, 2.05) is 12.3 Å². The van der Waals surface area contributed by atoms with Crippen molar-refractivity contribution in [1.82, 2.24) is 20.3 Å². The summed E-state index contributed by atoms with van der Waals surface area (Å²) in [7, 11) is 0. The molecular formula is C21H24ClN5O2. The van der Waals surface area contributed by atoms with Gasteiger partial charge in [0.15, 0.2) is 11.6 Å². The third kappa shape index (κ3) is 4.42. The summed E-state index contributed by atoms with van der Waals surface area (Å²) in [4.78, 5) is 16.5. The Balaban J connectivity index is 0.00000205. The van der Waals surface area contributed by atoms with Gasteiger partial charge in [-0.1, -0.05) is 12.1 Å². The number of phenols is 1. The molecule has 1 aliphatic carbocycles. The Morgan fingerprint density at radius 3 is 2.72 bits per heavy atom. The average molecular weight is 414 g/mol. The second-order valence-electron chi connectivity index (χ2n) is 7.39. The highest BCUT2D eigenvalue weighted by Crippen LogP contribution is 2.29. The molecule has 2 aliphatic rings. The predicted molar refractivity (Wildman–Crippen MR) is 115 cm³/mol. The number of nitrogens with one attached hydrogen (secondary N) is 1. The molecule has 2 fully saturated rings. The molecule has 2 N–H and O–H groups in total. The zero-order valence-corrected chi connectivity index (χ0v) is 16.9. The van der Waals surface area contributed by atoms with Crippen LogP contribution in [0.2, 0.25) is 0 Å². The van der Waals surface area contributed by atoms with E-state index < -0.39 is 0 Å². The lowest BCUT2D eigenvalue weighted by molar-refractivity contribution is 0.122. The van der Waals surface area contributed by atoms with E-state index in [9.17, 15) is 5.11 Å². The van der Waals surface area contributed by atoms with Crippen LogP contribution in [-0.2, 0) is 11.3 Å². The van der Waals surface area contributed by atoms with Crippen LogP contribution >= 0.6 is 12.4 Å². The van der Waals surface area contributed by atoms with Crippen LogP contribution in [0, 0.1) is 0 Å². The summed E-state index contributed by atoms with van der Waals surface area (Å²) in [6, 6.07) is 9.80. The number of ether oxygens (including phenoxy) is 1. The number of fused-ring (bicyclic) bond motifs is 1. The molecule has 0 bridgehead atoms. The highest BCUT2D eigenvalue weighted by Gasteiger charge is 2.21. The van der Waals surface area contributed by atoms with Gasteiger partial charge in [-0.05, 0) is 36.6 Å². The van der Waals surface area contributed by atoms with Crippen LogP contribution in [0.5, 0.6) is 5.75 Å². The van der Waals surface area contributed by atoms with Crippen molar-refractivity contribution < 1.29 is 9.84 Å². The number of anilines is 1. The molecule has 0 amide bonds. The molecule has 1 aromatic carbocycles. The first-order chi connectivity index (χ1) is 13.8. The highest BCUT2D eigenvalue weighted by atomic mass is 35.5. The molecule has 1 saturated carbocycles. The van der Waals surface area contributed by atoms with Crippen molar-refractivity contribution in [1.29, 1.82) is 0 Å². The minimum absolute atomic E-state index is 0. The number of morpholine rings is 1. The van der Waals surface area contributed by atoms with Gasteiger partial charge in [-0.2, -0.15) is 0 Å². The summed E-state index contributed by atoms with van der Waals surface area (Å²) in [5.41, 5.74) is 3.54. The number of hydrogen-bond acceptors (Lipinski definition) is 7. The Hall–Kier alpha value is -2.48. The second-order valence-corrected chi connectivity index (χ2v) is 7.39. The fourth-order valence-corrected chi connectivity index (χ4v) is 3.46.